The SMILES string of the molecule is CC(Cc1ccc(F)cc1)C(=O)Nc1cccc2c1OCC(=O)N2C. The summed E-state index contributed by atoms with van der Waals surface area (Å²) in [5.41, 5.74) is 2.05. The Hall–Kier alpha value is -2.89. The molecule has 1 aliphatic rings. The zero-order valence-electron chi connectivity index (χ0n) is 14.1. The van der Waals surface area contributed by atoms with Gasteiger partial charge >= 0.3 is 0 Å². The second-order valence-electron chi connectivity index (χ2n) is 6.12. The number of nitrogens with one attached hydrogen (secondary N) is 1. The summed E-state index contributed by atoms with van der Waals surface area (Å²) in [6.45, 7) is 1.76. The van der Waals surface area contributed by atoms with E-state index in [2.05, 4.69) is 5.32 Å². The molecule has 5 nitrogen and oxygen atoms in total. The number of hydrogen-bond acceptors (Lipinski definition) is 3. The van der Waals surface area contributed by atoms with Crippen molar-refractivity contribution >= 4 is 23.2 Å². The van der Waals surface area contributed by atoms with E-state index in [1.807, 2.05) is 6.92 Å². The van der Waals surface area contributed by atoms with Crippen molar-refractivity contribution in [3.05, 3.63) is 53.8 Å². The van der Waals surface area contributed by atoms with Gasteiger partial charge in [0, 0.05) is 13.0 Å². The van der Waals surface area contributed by atoms with Crippen LogP contribution in [0.4, 0.5) is 15.8 Å². The van der Waals surface area contributed by atoms with E-state index < -0.39 is 0 Å². The standard InChI is InChI=1S/C19H19FN2O3/c1-12(10-13-6-8-14(20)9-7-13)19(24)21-15-4-3-5-16-18(15)25-11-17(23)22(16)2/h3-9,12H,10-11H2,1-2H3,(H,21,24). The number of carbonyl (C=O) groups excluding carboxylic acids is 2. The molecule has 0 bridgehead atoms. The summed E-state index contributed by atoms with van der Waals surface area (Å²) in [5.74, 6) is -0.412. The summed E-state index contributed by atoms with van der Waals surface area (Å²) < 4.78 is 18.5. The molecule has 0 aromatic heterocycles. The van der Waals surface area contributed by atoms with E-state index in [0.717, 1.165) is 5.56 Å². The van der Waals surface area contributed by atoms with Crippen molar-refractivity contribution in [2.24, 2.45) is 5.92 Å². The van der Waals surface area contributed by atoms with Gasteiger partial charge in [-0.2, -0.15) is 0 Å². The van der Waals surface area contributed by atoms with Crippen LogP contribution in [0.15, 0.2) is 42.5 Å². The molecule has 0 saturated heterocycles. The van der Waals surface area contributed by atoms with Gasteiger partial charge in [0.15, 0.2) is 12.4 Å². The van der Waals surface area contributed by atoms with Gasteiger partial charge in [-0.3, -0.25) is 9.59 Å². The molecule has 1 heterocycles. The number of para-hydroxylation sites is 1. The first-order valence-electron chi connectivity index (χ1n) is 8.03. The molecule has 25 heavy (non-hydrogen) atoms. The van der Waals surface area contributed by atoms with Crippen LogP contribution in [-0.4, -0.2) is 25.5 Å². The average Bonchev–Trinajstić information content (AvgIpc) is 2.60. The number of likely N-dealkylation sites (N-methyl/N-ethyl adjacent to an activating group) is 1. The molecule has 3 rings (SSSR count). The minimum atomic E-state index is -0.302. The number of fused-ring (bicyclic) bond motifs is 1. The third kappa shape index (κ3) is 3.63. The highest BCUT2D eigenvalue weighted by Gasteiger charge is 2.25. The predicted octanol–water partition coefficient (Wildman–Crippen LogP) is 3.00. The van der Waals surface area contributed by atoms with E-state index >= 15 is 0 Å². The van der Waals surface area contributed by atoms with Crippen molar-refractivity contribution in [2.45, 2.75) is 13.3 Å². The maximum atomic E-state index is 13.0. The van der Waals surface area contributed by atoms with E-state index in [9.17, 15) is 14.0 Å². The van der Waals surface area contributed by atoms with Crippen LogP contribution >= 0.6 is 0 Å². The highest BCUT2D eigenvalue weighted by atomic mass is 19.1. The lowest BCUT2D eigenvalue weighted by atomic mass is 10.00. The number of anilines is 2. The van der Waals surface area contributed by atoms with Crippen LogP contribution in [0.2, 0.25) is 0 Å². The fourth-order valence-corrected chi connectivity index (χ4v) is 2.73. The van der Waals surface area contributed by atoms with E-state index in [1.54, 1.807) is 37.4 Å². The van der Waals surface area contributed by atoms with Crippen LogP contribution in [0.25, 0.3) is 0 Å². The second-order valence-corrected chi connectivity index (χ2v) is 6.12. The molecular weight excluding hydrogens is 323 g/mol. The lowest BCUT2D eigenvalue weighted by molar-refractivity contribution is -0.121. The summed E-state index contributed by atoms with van der Waals surface area (Å²) >= 11 is 0. The molecule has 2 aromatic rings. The molecule has 1 aliphatic heterocycles. The Balaban J connectivity index is 1.73. The van der Waals surface area contributed by atoms with Gasteiger partial charge in [0.25, 0.3) is 5.91 Å². The van der Waals surface area contributed by atoms with Crippen LogP contribution < -0.4 is 15.0 Å². The van der Waals surface area contributed by atoms with Crippen molar-refractivity contribution in [1.29, 1.82) is 0 Å². The quantitative estimate of drug-likeness (QED) is 0.929. The number of ether oxygens (including phenoxy) is 1. The molecule has 6 heteroatoms. The minimum Gasteiger partial charge on any atom is -0.479 e. The zero-order chi connectivity index (χ0) is 18.0. The number of rotatable bonds is 4. The van der Waals surface area contributed by atoms with Crippen LogP contribution in [0.3, 0.4) is 0 Å². The van der Waals surface area contributed by atoms with E-state index in [-0.39, 0.29) is 30.2 Å². The molecule has 1 unspecified atom stereocenters. The van der Waals surface area contributed by atoms with Crippen LogP contribution in [-0.2, 0) is 16.0 Å². The maximum absolute atomic E-state index is 13.0. The molecule has 1 atom stereocenters. The third-order valence-corrected chi connectivity index (χ3v) is 4.23. The highest BCUT2D eigenvalue weighted by molar-refractivity contribution is 6.01. The smallest absolute Gasteiger partial charge is 0.264 e. The molecular formula is C19H19FN2O3. The number of nitrogens with zero attached hydrogens (tertiary/aromatic N) is 1. The van der Waals surface area contributed by atoms with Crippen molar-refractivity contribution in [1.82, 2.24) is 0 Å². The maximum Gasteiger partial charge on any atom is 0.264 e. The monoisotopic (exact) mass is 342 g/mol. The molecule has 0 fully saturated rings. The third-order valence-electron chi connectivity index (χ3n) is 4.23. The van der Waals surface area contributed by atoms with Crippen molar-refractivity contribution in [2.75, 3.05) is 23.9 Å². The Labute approximate surface area is 145 Å². The van der Waals surface area contributed by atoms with E-state index in [4.69, 9.17) is 4.74 Å². The Bertz CT molecular complexity index is 805. The van der Waals surface area contributed by atoms with Crippen LogP contribution in [0.5, 0.6) is 5.75 Å². The summed E-state index contributed by atoms with van der Waals surface area (Å²) in [7, 11) is 1.67. The highest BCUT2D eigenvalue weighted by Crippen LogP contribution is 2.38. The first-order chi connectivity index (χ1) is 12.0. The largest absolute Gasteiger partial charge is 0.479 e. The first-order valence-corrected chi connectivity index (χ1v) is 8.03. The van der Waals surface area contributed by atoms with Gasteiger partial charge in [0.2, 0.25) is 5.91 Å². The van der Waals surface area contributed by atoms with Gasteiger partial charge in [-0.1, -0.05) is 25.1 Å². The number of benzene rings is 2. The molecule has 0 spiro atoms. The summed E-state index contributed by atoms with van der Waals surface area (Å²) in [5, 5.41) is 2.86. The molecule has 2 amide bonds. The molecule has 0 aliphatic carbocycles. The fraction of sp³-hybridized carbons (Fsp3) is 0.263. The van der Waals surface area contributed by atoms with Gasteiger partial charge in [0.1, 0.15) is 5.82 Å². The molecule has 130 valence electrons. The van der Waals surface area contributed by atoms with E-state index in [0.29, 0.717) is 23.5 Å². The molecule has 0 saturated carbocycles. The Morgan fingerprint density at radius 3 is 2.72 bits per heavy atom. The fourth-order valence-electron chi connectivity index (χ4n) is 2.73. The number of halogens is 1. The van der Waals surface area contributed by atoms with Crippen molar-refractivity contribution < 1.29 is 18.7 Å². The summed E-state index contributed by atoms with van der Waals surface area (Å²) in [4.78, 5) is 25.7. The van der Waals surface area contributed by atoms with Gasteiger partial charge in [-0.25, -0.2) is 4.39 Å². The molecule has 1 N–H and O–H groups in total. The molecule has 0 radical (unpaired) electrons. The minimum absolute atomic E-state index is 0.0541. The zero-order valence-corrected chi connectivity index (χ0v) is 14.1. The van der Waals surface area contributed by atoms with Gasteiger partial charge in [-0.05, 0) is 36.2 Å². The van der Waals surface area contributed by atoms with E-state index in [1.165, 1.54) is 17.0 Å². The average molecular weight is 342 g/mol. The lowest BCUT2D eigenvalue weighted by Gasteiger charge is -2.27. The molecule has 2 aromatic carbocycles. The van der Waals surface area contributed by atoms with Crippen LogP contribution in [0, 0.1) is 11.7 Å². The van der Waals surface area contributed by atoms with Crippen LogP contribution in [0.1, 0.15) is 12.5 Å². The number of amides is 2. The summed E-state index contributed by atoms with van der Waals surface area (Å²) in [6, 6.07) is 11.4. The second kappa shape index (κ2) is 6.93. The number of hydrogen-bond donors (Lipinski definition) is 1. The van der Waals surface area contributed by atoms with Gasteiger partial charge in [0.05, 0.1) is 11.4 Å². The van der Waals surface area contributed by atoms with Crippen molar-refractivity contribution in [3.8, 4) is 5.75 Å². The number of carbonyl (C=O) groups is 2. The lowest BCUT2D eigenvalue weighted by Crippen LogP contribution is -2.36. The normalized spacial score (nSPS) is 14.5. The van der Waals surface area contributed by atoms with Gasteiger partial charge < -0.3 is 15.0 Å². The topological polar surface area (TPSA) is 58.6 Å². The Kier molecular flexibility index (Phi) is 4.70. The first kappa shape index (κ1) is 17.0. The Morgan fingerprint density at radius 1 is 1.28 bits per heavy atom. The van der Waals surface area contributed by atoms with Crippen molar-refractivity contribution in [3.63, 3.8) is 0 Å². The summed E-state index contributed by atoms with van der Waals surface area (Å²) in [6.07, 6.45) is 0.500. The predicted molar refractivity (Wildman–Crippen MR) is 93.2 cm³/mol. The Morgan fingerprint density at radius 2 is 2.00 bits per heavy atom. The van der Waals surface area contributed by atoms with Gasteiger partial charge in [-0.15, -0.1) is 0 Å².